The van der Waals surface area contributed by atoms with Crippen molar-refractivity contribution in [1.29, 1.82) is 0 Å². The number of rotatable bonds is 8. The second-order valence-electron chi connectivity index (χ2n) is 4.73. The van der Waals surface area contributed by atoms with Crippen molar-refractivity contribution in [2.45, 2.75) is 46.2 Å². The molecule has 0 aromatic carbocycles. The maximum atomic E-state index is 11.5. The molecule has 0 saturated carbocycles. The number of carbonyl (C=O) groups is 1. The van der Waals surface area contributed by atoms with Crippen molar-refractivity contribution in [3.8, 4) is 0 Å². The average Bonchev–Trinajstić information content (AvgIpc) is 2.28. The summed E-state index contributed by atoms with van der Waals surface area (Å²) in [5, 5.41) is 9.19. The third kappa shape index (κ3) is 10.3. The number of hydrogen-bond donors (Lipinski definition) is 3. The number of amides is 1. The lowest BCUT2D eigenvalue weighted by molar-refractivity contribution is -0.121. The van der Waals surface area contributed by atoms with E-state index in [9.17, 15) is 4.79 Å². The minimum atomic E-state index is 0.0274. The number of aliphatic imine (C=N–C) groups is 1. The van der Waals surface area contributed by atoms with Crippen molar-refractivity contribution in [3.63, 3.8) is 0 Å². The van der Waals surface area contributed by atoms with Gasteiger partial charge in [0.25, 0.3) is 0 Å². The normalized spacial score (nSPS) is 13.3. The standard InChI is InChI=1S/C13H28N4O2/c1-6-14-13(17-11(4)9-19-5)15-8-7-12(18)16-10(2)3/h10-11H,6-9H2,1-5H3,(H,16,18)(H2,14,15,17). The van der Waals surface area contributed by atoms with Gasteiger partial charge in [-0.1, -0.05) is 0 Å². The van der Waals surface area contributed by atoms with E-state index in [1.807, 2.05) is 27.7 Å². The first-order valence-corrected chi connectivity index (χ1v) is 6.82. The molecule has 6 heteroatoms. The molecule has 0 aromatic rings. The van der Waals surface area contributed by atoms with Gasteiger partial charge in [0.15, 0.2) is 5.96 Å². The minimum Gasteiger partial charge on any atom is -0.383 e. The molecule has 0 heterocycles. The largest absolute Gasteiger partial charge is 0.383 e. The molecule has 0 rings (SSSR count). The van der Waals surface area contributed by atoms with Crippen LogP contribution >= 0.6 is 0 Å². The fraction of sp³-hybridized carbons (Fsp3) is 0.846. The summed E-state index contributed by atoms with van der Waals surface area (Å²) >= 11 is 0. The lowest BCUT2D eigenvalue weighted by Gasteiger charge is -2.17. The third-order valence-electron chi connectivity index (χ3n) is 2.20. The number of hydrogen-bond acceptors (Lipinski definition) is 3. The van der Waals surface area contributed by atoms with E-state index in [0.717, 1.165) is 6.54 Å². The Morgan fingerprint density at radius 2 is 1.95 bits per heavy atom. The van der Waals surface area contributed by atoms with Gasteiger partial charge in [-0.25, -0.2) is 0 Å². The summed E-state index contributed by atoms with van der Waals surface area (Å²) in [6.07, 6.45) is 0.396. The first-order chi connectivity index (χ1) is 8.99. The van der Waals surface area contributed by atoms with Gasteiger partial charge < -0.3 is 20.7 Å². The Morgan fingerprint density at radius 3 is 2.47 bits per heavy atom. The van der Waals surface area contributed by atoms with Crippen molar-refractivity contribution >= 4 is 11.9 Å². The lowest BCUT2D eigenvalue weighted by atomic mass is 10.3. The van der Waals surface area contributed by atoms with Gasteiger partial charge in [0.2, 0.25) is 5.91 Å². The molecule has 6 nitrogen and oxygen atoms in total. The van der Waals surface area contributed by atoms with E-state index in [1.54, 1.807) is 7.11 Å². The maximum Gasteiger partial charge on any atom is 0.222 e. The van der Waals surface area contributed by atoms with E-state index in [-0.39, 0.29) is 18.0 Å². The fourth-order valence-corrected chi connectivity index (χ4v) is 1.51. The molecule has 0 aliphatic heterocycles. The Kier molecular flexibility index (Phi) is 9.88. The maximum absolute atomic E-state index is 11.5. The van der Waals surface area contributed by atoms with Gasteiger partial charge in [-0.3, -0.25) is 9.79 Å². The molecule has 1 amide bonds. The van der Waals surface area contributed by atoms with Crippen LogP contribution in [0.1, 0.15) is 34.1 Å². The second kappa shape index (κ2) is 10.6. The summed E-state index contributed by atoms with van der Waals surface area (Å²) in [7, 11) is 1.67. The minimum absolute atomic E-state index is 0.0274. The van der Waals surface area contributed by atoms with E-state index in [2.05, 4.69) is 20.9 Å². The Bertz CT molecular complexity index is 280. The molecule has 19 heavy (non-hydrogen) atoms. The fourth-order valence-electron chi connectivity index (χ4n) is 1.51. The van der Waals surface area contributed by atoms with E-state index >= 15 is 0 Å². The van der Waals surface area contributed by atoms with Crippen LogP contribution in [0.4, 0.5) is 0 Å². The second-order valence-corrected chi connectivity index (χ2v) is 4.73. The van der Waals surface area contributed by atoms with Crippen LogP contribution in [0.25, 0.3) is 0 Å². The molecule has 0 aliphatic carbocycles. The number of nitrogens with one attached hydrogen (secondary N) is 3. The first kappa shape index (κ1) is 17.7. The van der Waals surface area contributed by atoms with Gasteiger partial charge in [0.1, 0.15) is 0 Å². The number of ether oxygens (including phenoxy) is 1. The molecule has 0 aromatic heterocycles. The van der Waals surface area contributed by atoms with Crippen molar-refractivity contribution in [3.05, 3.63) is 0 Å². The monoisotopic (exact) mass is 272 g/mol. The number of methoxy groups -OCH3 is 1. The molecule has 0 spiro atoms. The Balaban J connectivity index is 4.14. The van der Waals surface area contributed by atoms with Gasteiger partial charge in [0, 0.05) is 32.2 Å². The molecule has 112 valence electrons. The molecule has 0 saturated heterocycles. The smallest absolute Gasteiger partial charge is 0.222 e. The van der Waals surface area contributed by atoms with Crippen LogP contribution in [0.5, 0.6) is 0 Å². The zero-order chi connectivity index (χ0) is 14.7. The van der Waals surface area contributed by atoms with Crippen LogP contribution in [0.15, 0.2) is 4.99 Å². The molecule has 0 fully saturated rings. The van der Waals surface area contributed by atoms with E-state index in [4.69, 9.17) is 4.74 Å². The predicted octanol–water partition coefficient (Wildman–Crippen LogP) is 0.491. The van der Waals surface area contributed by atoms with Crippen molar-refractivity contribution in [2.24, 2.45) is 4.99 Å². The van der Waals surface area contributed by atoms with Crippen LogP contribution < -0.4 is 16.0 Å². The highest BCUT2D eigenvalue weighted by Crippen LogP contribution is 1.87. The summed E-state index contributed by atoms with van der Waals surface area (Å²) in [5.74, 6) is 0.740. The first-order valence-electron chi connectivity index (χ1n) is 6.82. The van der Waals surface area contributed by atoms with Crippen LogP contribution in [0.2, 0.25) is 0 Å². The molecule has 1 atom stereocenters. The zero-order valence-corrected chi connectivity index (χ0v) is 12.7. The van der Waals surface area contributed by atoms with Crippen LogP contribution in [-0.2, 0) is 9.53 Å². The molecule has 0 aliphatic rings. The summed E-state index contributed by atoms with van der Waals surface area (Å²) in [4.78, 5) is 15.8. The van der Waals surface area contributed by atoms with Crippen molar-refractivity contribution < 1.29 is 9.53 Å². The number of nitrogens with zero attached hydrogens (tertiary/aromatic N) is 1. The van der Waals surface area contributed by atoms with Gasteiger partial charge in [-0.15, -0.1) is 0 Å². The highest BCUT2D eigenvalue weighted by Gasteiger charge is 2.05. The van der Waals surface area contributed by atoms with E-state index < -0.39 is 0 Å². The molecular formula is C13H28N4O2. The molecule has 3 N–H and O–H groups in total. The van der Waals surface area contributed by atoms with Crippen LogP contribution in [0, 0.1) is 0 Å². The molecule has 0 radical (unpaired) electrons. The van der Waals surface area contributed by atoms with Crippen LogP contribution in [0.3, 0.4) is 0 Å². The van der Waals surface area contributed by atoms with Crippen molar-refractivity contribution in [1.82, 2.24) is 16.0 Å². The Labute approximate surface area is 116 Å². The Morgan fingerprint density at radius 1 is 1.26 bits per heavy atom. The molecular weight excluding hydrogens is 244 g/mol. The molecule has 1 unspecified atom stereocenters. The SMILES string of the molecule is CCNC(=NCCC(=O)NC(C)C)NC(C)COC. The molecule has 0 bridgehead atoms. The van der Waals surface area contributed by atoms with Gasteiger partial charge in [0.05, 0.1) is 13.2 Å². The number of carbonyl (C=O) groups excluding carboxylic acids is 1. The summed E-state index contributed by atoms with van der Waals surface area (Å²) in [5.41, 5.74) is 0. The zero-order valence-electron chi connectivity index (χ0n) is 12.7. The van der Waals surface area contributed by atoms with E-state index in [0.29, 0.717) is 25.5 Å². The van der Waals surface area contributed by atoms with E-state index in [1.165, 1.54) is 0 Å². The third-order valence-corrected chi connectivity index (χ3v) is 2.20. The topological polar surface area (TPSA) is 74.8 Å². The van der Waals surface area contributed by atoms with Crippen molar-refractivity contribution in [2.75, 3.05) is 26.8 Å². The Hall–Kier alpha value is -1.30. The quantitative estimate of drug-likeness (QED) is 0.444. The predicted molar refractivity (Wildman–Crippen MR) is 78.3 cm³/mol. The van der Waals surface area contributed by atoms with Gasteiger partial charge in [-0.2, -0.15) is 0 Å². The summed E-state index contributed by atoms with van der Waals surface area (Å²) in [6.45, 7) is 9.76. The lowest BCUT2D eigenvalue weighted by Crippen LogP contribution is -2.44. The van der Waals surface area contributed by atoms with Gasteiger partial charge in [-0.05, 0) is 27.7 Å². The number of guanidine groups is 1. The van der Waals surface area contributed by atoms with Gasteiger partial charge >= 0.3 is 0 Å². The van der Waals surface area contributed by atoms with Crippen LogP contribution in [-0.4, -0.2) is 50.8 Å². The highest BCUT2D eigenvalue weighted by molar-refractivity contribution is 5.81. The highest BCUT2D eigenvalue weighted by atomic mass is 16.5. The summed E-state index contributed by atoms with van der Waals surface area (Å²) < 4.78 is 5.06. The average molecular weight is 272 g/mol. The summed E-state index contributed by atoms with van der Waals surface area (Å²) in [6, 6.07) is 0.344.